The van der Waals surface area contributed by atoms with E-state index < -0.39 is 11.6 Å². The van der Waals surface area contributed by atoms with Crippen LogP contribution in [0.1, 0.15) is 42.0 Å². The van der Waals surface area contributed by atoms with Crippen LogP contribution in [0.3, 0.4) is 0 Å². The van der Waals surface area contributed by atoms with E-state index >= 15 is 0 Å². The Bertz CT molecular complexity index is 1630. The van der Waals surface area contributed by atoms with E-state index in [-0.39, 0.29) is 35.6 Å². The highest BCUT2D eigenvalue weighted by Gasteiger charge is 2.45. The van der Waals surface area contributed by atoms with Crippen LogP contribution in [-0.2, 0) is 34.8 Å². The Kier molecular flexibility index (Phi) is 6.83. The third-order valence-corrected chi connectivity index (χ3v) is 7.31. The summed E-state index contributed by atoms with van der Waals surface area (Å²) < 4.78 is 15.0. The largest absolute Gasteiger partial charge is 1.00 e. The molecule has 0 saturated carbocycles. The first kappa shape index (κ1) is 26.1. The quantitative estimate of drug-likeness (QED) is 0.175. The number of ether oxygens (including phenoxy) is 2. The third-order valence-electron chi connectivity index (χ3n) is 7.31. The second-order valence-corrected chi connectivity index (χ2v) is 9.77. The van der Waals surface area contributed by atoms with E-state index in [1.807, 2.05) is 30.3 Å². The molecule has 8 nitrogen and oxygen atoms in total. The first-order valence-electron chi connectivity index (χ1n) is 12.6. The molecule has 2 aliphatic rings. The molecule has 4 aromatic rings. The van der Waals surface area contributed by atoms with Crippen molar-refractivity contribution in [2.45, 2.75) is 52.0 Å². The predicted molar refractivity (Wildman–Crippen MR) is 136 cm³/mol. The SMILES string of the molecule is CC[C@@]1(O)C(=O)OCc2c1cc1n(c2=O)Cc2cc3cc(OCCC[n+]4cccc(C)c4)ccc3nc2-1.[Br-]. The molecule has 1 N–H and O–H groups in total. The highest BCUT2D eigenvalue weighted by atomic mass is 79.9. The van der Waals surface area contributed by atoms with Gasteiger partial charge in [0.1, 0.15) is 12.4 Å². The molecular formula is C29H28BrN3O5. The van der Waals surface area contributed by atoms with Crippen LogP contribution in [-0.4, -0.2) is 27.2 Å². The number of rotatable bonds is 6. The van der Waals surface area contributed by atoms with Gasteiger partial charge in [-0.15, -0.1) is 0 Å². The number of hydrogen-bond donors (Lipinski definition) is 1. The van der Waals surface area contributed by atoms with Gasteiger partial charge < -0.3 is 36.1 Å². The molecular weight excluding hydrogens is 550 g/mol. The molecule has 0 saturated heterocycles. The summed E-state index contributed by atoms with van der Waals surface area (Å²) in [6.45, 7) is 5.49. The van der Waals surface area contributed by atoms with Crippen molar-refractivity contribution in [3.05, 3.63) is 87.5 Å². The van der Waals surface area contributed by atoms with Crippen LogP contribution in [0.25, 0.3) is 22.3 Å². The van der Waals surface area contributed by atoms with Crippen molar-refractivity contribution in [1.82, 2.24) is 9.55 Å². The third kappa shape index (κ3) is 4.29. The van der Waals surface area contributed by atoms with Crippen LogP contribution >= 0.6 is 0 Å². The van der Waals surface area contributed by atoms with E-state index in [1.165, 1.54) is 5.56 Å². The minimum absolute atomic E-state index is 0. The van der Waals surface area contributed by atoms with Gasteiger partial charge in [0, 0.05) is 34.6 Å². The molecule has 3 aromatic heterocycles. The molecule has 0 unspecified atom stereocenters. The van der Waals surface area contributed by atoms with E-state index in [4.69, 9.17) is 14.5 Å². The second kappa shape index (κ2) is 9.96. The summed E-state index contributed by atoms with van der Waals surface area (Å²) in [5, 5.41) is 11.9. The van der Waals surface area contributed by atoms with Crippen molar-refractivity contribution < 1.29 is 40.9 Å². The topological polar surface area (TPSA) is 94.5 Å². The number of aliphatic hydroxyl groups is 1. The lowest BCUT2D eigenvalue weighted by atomic mass is 9.86. The van der Waals surface area contributed by atoms with Crippen LogP contribution in [0.15, 0.2) is 59.7 Å². The van der Waals surface area contributed by atoms with Crippen molar-refractivity contribution in [3.8, 4) is 17.1 Å². The zero-order valence-corrected chi connectivity index (χ0v) is 22.8. The minimum atomic E-state index is -1.83. The Morgan fingerprint density at radius 3 is 2.84 bits per heavy atom. The zero-order valence-electron chi connectivity index (χ0n) is 21.2. The van der Waals surface area contributed by atoms with Gasteiger partial charge in [0.2, 0.25) is 0 Å². The van der Waals surface area contributed by atoms with Gasteiger partial charge in [-0.25, -0.2) is 14.3 Å². The van der Waals surface area contributed by atoms with Crippen LogP contribution in [0, 0.1) is 6.92 Å². The molecule has 5 heterocycles. The molecule has 2 aliphatic heterocycles. The maximum absolute atomic E-state index is 13.3. The second-order valence-electron chi connectivity index (χ2n) is 9.77. The van der Waals surface area contributed by atoms with E-state index in [0.717, 1.165) is 35.2 Å². The normalized spacial score (nSPS) is 17.3. The Morgan fingerprint density at radius 1 is 1.21 bits per heavy atom. The molecule has 1 aromatic carbocycles. The monoisotopic (exact) mass is 577 g/mol. The fourth-order valence-electron chi connectivity index (χ4n) is 5.28. The van der Waals surface area contributed by atoms with Gasteiger partial charge in [-0.2, -0.15) is 0 Å². The van der Waals surface area contributed by atoms with Gasteiger partial charge in [-0.05, 0) is 49.7 Å². The smallest absolute Gasteiger partial charge is 0.343 e. The number of nitrogens with zero attached hydrogens (tertiary/aromatic N) is 3. The van der Waals surface area contributed by atoms with E-state index in [2.05, 4.69) is 30.0 Å². The molecule has 0 aliphatic carbocycles. The molecule has 9 heteroatoms. The van der Waals surface area contributed by atoms with Crippen molar-refractivity contribution in [3.63, 3.8) is 0 Å². The summed E-state index contributed by atoms with van der Waals surface area (Å²) in [5.41, 5.74) is 2.78. The maximum Gasteiger partial charge on any atom is 0.343 e. The average Bonchev–Trinajstić information content (AvgIpc) is 3.25. The number of hydrogen-bond acceptors (Lipinski definition) is 6. The standard InChI is InChI=1S/C29H28N3O5.BrH/c1-3-29(35)23-14-25-26-20(16-32(25)27(33)22(23)17-37-28(29)34)12-19-13-21(7-8-24(19)30-26)36-11-5-10-31-9-4-6-18(2)15-31;/h4,6-9,12-15,35H,3,5,10-11,16-17H2,1-2H3;1H/q+1;/p-1/t29-;/m0./s1. The lowest BCUT2D eigenvalue weighted by Crippen LogP contribution is -3.00. The Labute approximate surface area is 230 Å². The van der Waals surface area contributed by atoms with Gasteiger partial charge >= 0.3 is 5.97 Å². The first-order valence-corrected chi connectivity index (χ1v) is 12.6. The Hall–Kier alpha value is -3.56. The molecule has 0 amide bonds. The number of carbonyl (C=O) groups is 1. The Balaban J connectivity index is 0.00000294. The van der Waals surface area contributed by atoms with Crippen molar-refractivity contribution in [1.29, 1.82) is 0 Å². The van der Waals surface area contributed by atoms with Gasteiger partial charge in [0.05, 0.1) is 35.6 Å². The van der Waals surface area contributed by atoms with Crippen LogP contribution < -0.4 is 31.8 Å². The van der Waals surface area contributed by atoms with Crippen molar-refractivity contribution >= 4 is 16.9 Å². The summed E-state index contributed by atoms with van der Waals surface area (Å²) >= 11 is 0. The number of cyclic esters (lactones) is 1. The molecule has 6 rings (SSSR count). The lowest BCUT2D eigenvalue weighted by molar-refractivity contribution is -0.697. The first-order chi connectivity index (χ1) is 17.9. The van der Waals surface area contributed by atoms with Gasteiger partial charge in [0.15, 0.2) is 24.5 Å². The van der Waals surface area contributed by atoms with Gasteiger partial charge in [0.25, 0.3) is 5.56 Å². The van der Waals surface area contributed by atoms with Crippen LogP contribution in [0.2, 0.25) is 0 Å². The maximum atomic E-state index is 13.3. The highest BCUT2D eigenvalue weighted by Crippen LogP contribution is 2.38. The molecule has 0 radical (unpaired) electrons. The Morgan fingerprint density at radius 2 is 2.05 bits per heavy atom. The lowest BCUT2D eigenvalue weighted by Gasteiger charge is -2.31. The van der Waals surface area contributed by atoms with E-state index in [0.29, 0.717) is 35.7 Å². The molecule has 38 heavy (non-hydrogen) atoms. The number of aromatic nitrogens is 3. The number of benzene rings is 1. The highest BCUT2D eigenvalue weighted by molar-refractivity contribution is 5.87. The predicted octanol–water partition coefficient (Wildman–Crippen LogP) is 0.149. The van der Waals surface area contributed by atoms with Crippen molar-refractivity contribution in [2.75, 3.05) is 6.61 Å². The number of fused-ring (bicyclic) bond motifs is 5. The summed E-state index contributed by atoms with van der Waals surface area (Å²) in [5.74, 6) is 0.0526. The number of esters is 1. The average molecular weight is 578 g/mol. The summed E-state index contributed by atoms with van der Waals surface area (Å²) in [4.78, 5) is 30.5. The van der Waals surface area contributed by atoms with Crippen molar-refractivity contribution in [2.24, 2.45) is 0 Å². The summed E-state index contributed by atoms with van der Waals surface area (Å²) in [7, 11) is 0. The number of carbonyl (C=O) groups excluding carboxylic acids is 1. The number of halogens is 1. The van der Waals surface area contributed by atoms with Crippen LogP contribution in [0.4, 0.5) is 0 Å². The number of pyridine rings is 3. The summed E-state index contributed by atoms with van der Waals surface area (Å²) in [6.07, 6.45) is 5.18. The zero-order chi connectivity index (χ0) is 25.7. The summed E-state index contributed by atoms with van der Waals surface area (Å²) in [6, 6.07) is 13.7. The van der Waals surface area contributed by atoms with E-state index in [1.54, 1.807) is 17.6 Å². The van der Waals surface area contributed by atoms with Gasteiger partial charge in [-0.3, -0.25) is 4.79 Å². The molecule has 196 valence electrons. The number of aryl methyl sites for hydroxylation is 2. The van der Waals surface area contributed by atoms with Crippen LogP contribution in [0.5, 0.6) is 5.75 Å². The molecule has 0 bridgehead atoms. The van der Waals surface area contributed by atoms with Gasteiger partial charge in [-0.1, -0.05) is 6.92 Å². The fourth-order valence-corrected chi connectivity index (χ4v) is 5.28. The fraction of sp³-hybridized carbons (Fsp3) is 0.310. The molecule has 0 fully saturated rings. The van der Waals surface area contributed by atoms with E-state index in [9.17, 15) is 14.7 Å². The molecule has 0 spiro atoms. The molecule has 1 atom stereocenters. The minimum Gasteiger partial charge on any atom is -1.00 e.